The van der Waals surface area contributed by atoms with Gasteiger partial charge in [0.05, 0.1) is 11.2 Å². The quantitative estimate of drug-likeness (QED) is 0.583. The second kappa shape index (κ2) is 8.13. The number of carbonyl (C=O) groups is 2. The normalized spacial score (nSPS) is 12.6. The Morgan fingerprint density at radius 1 is 1.12 bits per heavy atom. The summed E-state index contributed by atoms with van der Waals surface area (Å²) in [5.41, 5.74) is 0. The minimum Gasteiger partial charge on any atom is -0.468 e. The van der Waals surface area contributed by atoms with Crippen LogP contribution in [-0.4, -0.2) is 32.8 Å². The maximum Gasteiger partial charge on any atom is 0.309 e. The van der Waals surface area contributed by atoms with Gasteiger partial charge in [0.15, 0.2) is 9.84 Å². The van der Waals surface area contributed by atoms with Gasteiger partial charge in [-0.25, -0.2) is 12.8 Å². The zero-order valence-electron chi connectivity index (χ0n) is 14.2. The van der Waals surface area contributed by atoms with Gasteiger partial charge >= 0.3 is 11.8 Å². The van der Waals surface area contributed by atoms with Crippen molar-refractivity contribution in [1.29, 1.82) is 0 Å². The van der Waals surface area contributed by atoms with Gasteiger partial charge in [-0.15, -0.1) is 0 Å². The van der Waals surface area contributed by atoms with Crippen molar-refractivity contribution in [1.82, 2.24) is 10.6 Å². The number of carbonyl (C=O) groups excluding carboxylic acids is 2. The minimum absolute atomic E-state index is 0.0962. The van der Waals surface area contributed by atoms with E-state index in [-0.39, 0.29) is 23.2 Å². The van der Waals surface area contributed by atoms with Crippen LogP contribution in [0.3, 0.4) is 0 Å². The van der Waals surface area contributed by atoms with Crippen LogP contribution < -0.4 is 10.6 Å². The molecule has 0 unspecified atom stereocenters. The van der Waals surface area contributed by atoms with Crippen molar-refractivity contribution < 1.29 is 26.8 Å². The van der Waals surface area contributed by atoms with E-state index in [1.807, 2.05) is 0 Å². The van der Waals surface area contributed by atoms with Gasteiger partial charge in [0, 0.05) is 12.6 Å². The van der Waals surface area contributed by atoms with Crippen molar-refractivity contribution in [3.63, 3.8) is 0 Å². The molecule has 0 saturated carbocycles. The van der Waals surface area contributed by atoms with E-state index < -0.39 is 32.7 Å². The molecule has 0 fully saturated rings. The first kappa shape index (κ1) is 19.6. The van der Waals surface area contributed by atoms with Crippen LogP contribution in [-0.2, 0) is 19.4 Å². The number of hydrogen-bond acceptors (Lipinski definition) is 5. The van der Waals surface area contributed by atoms with Crippen molar-refractivity contribution in [2.75, 3.05) is 6.54 Å². The molecule has 1 aromatic heterocycles. The first-order chi connectivity index (χ1) is 12.2. The average molecular weight is 382 g/mol. The molecule has 0 spiro atoms. The Morgan fingerprint density at radius 3 is 2.31 bits per heavy atom. The van der Waals surface area contributed by atoms with E-state index in [1.54, 1.807) is 13.8 Å². The summed E-state index contributed by atoms with van der Waals surface area (Å²) < 4.78 is 44.0. The van der Waals surface area contributed by atoms with E-state index in [9.17, 15) is 22.4 Å². The number of benzene rings is 1. The number of halogens is 1. The Morgan fingerprint density at radius 2 is 1.77 bits per heavy atom. The molecule has 26 heavy (non-hydrogen) atoms. The first-order valence-corrected chi connectivity index (χ1v) is 9.38. The molecule has 2 rings (SSSR count). The summed E-state index contributed by atoms with van der Waals surface area (Å²) in [5.74, 6) is -2.29. The van der Waals surface area contributed by atoms with Crippen LogP contribution in [0.15, 0.2) is 52.0 Å². The average Bonchev–Trinajstić information content (AvgIpc) is 3.08. The molecule has 2 aromatic rings. The van der Waals surface area contributed by atoms with E-state index >= 15 is 0 Å². The van der Waals surface area contributed by atoms with Crippen LogP contribution in [0.4, 0.5) is 4.39 Å². The lowest BCUT2D eigenvalue weighted by Crippen LogP contribution is -2.44. The van der Waals surface area contributed by atoms with Crippen molar-refractivity contribution in [3.8, 4) is 0 Å². The topological polar surface area (TPSA) is 105 Å². The standard InChI is InChI=1S/C17H19FN2O5S/c1-11(2)20-17(22)16(21)19-10-15(14-4-3-9-25-14)26(23,24)13-7-5-12(18)6-8-13/h3-9,11,15H,10H2,1-2H3,(H,19,21)(H,20,22)/t15-/m1/s1. The lowest BCUT2D eigenvalue weighted by molar-refractivity contribution is -0.139. The maximum absolute atomic E-state index is 13.1. The molecular weight excluding hydrogens is 363 g/mol. The number of nitrogens with one attached hydrogen (secondary N) is 2. The van der Waals surface area contributed by atoms with Crippen molar-refractivity contribution in [2.45, 2.75) is 30.0 Å². The van der Waals surface area contributed by atoms with Crippen LogP contribution in [0.5, 0.6) is 0 Å². The Bertz CT molecular complexity index is 861. The lowest BCUT2D eigenvalue weighted by Gasteiger charge is -2.17. The van der Waals surface area contributed by atoms with Gasteiger partial charge in [0.25, 0.3) is 0 Å². The predicted molar refractivity (Wildman–Crippen MR) is 91.3 cm³/mol. The summed E-state index contributed by atoms with van der Waals surface area (Å²) in [6.45, 7) is 3.00. The van der Waals surface area contributed by atoms with Gasteiger partial charge in [-0.2, -0.15) is 0 Å². The number of furan rings is 1. The molecule has 140 valence electrons. The van der Waals surface area contributed by atoms with Gasteiger partial charge in [0.1, 0.15) is 16.8 Å². The number of amides is 2. The van der Waals surface area contributed by atoms with Gasteiger partial charge in [0.2, 0.25) is 0 Å². The van der Waals surface area contributed by atoms with Crippen LogP contribution in [0.1, 0.15) is 24.9 Å². The van der Waals surface area contributed by atoms with Crippen molar-refractivity contribution >= 4 is 21.7 Å². The zero-order valence-corrected chi connectivity index (χ0v) is 15.0. The Labute approximate surface area is 150 Å². The molecule has 0 radical (unpaired) electrons. The van der Waals surface area contributed by atoms with E-state index in [0.29, 0.717) is 0 Å². The fourth-order valence-corrected chi connectivity index (χ4v) is 3.81. The van der Waals surface area contributed by atoms with Gasteiger partial charge in [-0.3, -0.25) is 9.59 Å². The highest BCUT2D eigenvalue weighted by Crippen LogP contribution is 2.29. The third-order valence-corrected chi connectivity index (χ3v) is 5.53. The molecule has 0 saturated heterocycles. The Hall–Kier alpha value is -2.68. The summed E-state index contributed by atoms with van der Waals surface area (Å²) in [6.07, 6.45) is 1.30. The maximum atomic E-state index is 13.1. The van der Waals surface area contributed by atoms with Gasteiger partial charge < -0.3 is 15.1 Å². The predicted octanol–water partition coefficient (Wildman–Crippen LogP) is 1.57. The summed E-state index contributed by atoms with van der Waals surface area (Å²) in [5, 5.41) is 3.45. The monoisotopic (exact) mass is 382 g/mol. The lowest BCUT2D eigenvalue weighted by atomic mass is 10.3. The molecule has 0 aliphatic carbocycles. The van der Waals surface area contributed by atoms with Crippen molar-refractivity contribution in [2.24, 2.45) is 0 Å². The van der Waals surface area contributed by atoms with Crippen LogP contribution >= 0.6 is 0 Å². The SMILES string of the molecule is CC(C)NC(=O)C(=O)NC[C@H](c1ccco1)S(=O)(=O)c1ccc(F)cc1. The smallest absolute Gasteiger partial charge is 0.309 e. The molecule has 1 aromatic carbocycles. The molecule has 7 nitrogen and oxygen atoms in total. The highest BCUT2D eigenvalue weighted by Gasteiger charge is 2.32. The summed E-state index contributed by atoms with van der Waals surface area (Å²) >= 11 is 0. The molecule has 9 heteroatoms. The van der Waals surface area contributed by atoms with Crippen LogP contribution in [0.25, 0.3) is 0 Å². The minimum atomic E-state index is -3.99. The molecule has 0 aliphatic rings. The molecule has 0 aliphatic heterocycles. The highest BCUT2D eigenvalue weighted by atomic mass is 32.2. The first-order valence-electron chi connectivity index (χ1n) is 7.83. The fourth-order valence-electron chi connectivity index (χ4n) is 2.22. The van der Waals surface area contributed by atoms with E-state index in [4.69, 9.17) is 4.42 Å². The highest BCUT2D eigenvalue weighted by molar-refractivity contribution is 7.91. The fraction of sp³-hybridized carbons (Fsp3) is 0.294. The Kier molecular flexibility index (Phi) is 6.14. The number of hydrogen-bond donors (Lipinski definition) is 2. The van der Waals surface area contributed by atoms with Gasteiger partial charge in [-0.1, -0.05) is 0 Å². The molecular formula is C17H19FN2O5S. The van der Waals surface area contributed by atoms with E-state index in [1.165, 1.54) is 18.4 Å². The number of rotatable bonds is 6. The second-order valence-electron chi connectivity index (χ2n) is 5.84. The van der Waals surface area contributed by atoms with Crippen LogP contribution in [0, 0.1) is 5.82 Å². The summed E-state index contributed by atoms with van der Waals surface area (Å²) in [6, 6.07) is 7.04. The van der Waals surface area contributed by atoms with E-state index in [2.05, 4.69) is 10.6 Å². The van der Waals surface area contributed by atoms with Gasteiger partial charge in [-0.05, 0) is 50.2 Å². The third kappa shape index (κ3) is 4.69. The largest absolute Gasteiger partial charge is 0.468 e. The molecule has 2 N–H and O–H groups in total. The van der Waals surface area contributed by atoms with E-state index in [0.717, 1.165) is 24.3 Å². The second-order valence-corrected chi connectivity index (χ2v) is 7.97. The summed E-state index contributed by atoms with van der Waals surface area (Å²) in [4.78, 5) is 23.4. The number of sulfone groups is 1. The molecule has 0 bridgehead atoms. The molecule has 2 amide bonds. The van der Waals surface area contributed by atoms with Crippen LogP contribution in [0.2, 0.25) is 0 Å². The summed E-state index contributed by atoms with van der Waals surface area (Å²) in [7, 11) is -3.99. The zero-order chi connectivity index (χ0) is 19.3. The molecule has 1 atom stereocenters. The third-order valence-electron chi connectivity index (χ3n) is 3.45. The Balaban J connectivity index is 2.24. The molecule has 1 heterocycles. The van der Waals surface area contributed by atoms with Crippen molar-refractivity contribution in [3.05, 3.63) is 54.2 Å².